The average molecular weight is 402 g/mol. The minimum absolute atomic E-state index is 0.153. The fraction of sp³-hybridized carbons (Fsp3) is 0.556. The molecule has 2 atom stereocenters. The van der Waals surface area contributed by atoms with Gasteiger partial charge in [0.2, 0.25) is 0 Å². The third-order valence-electron chi connectivity index (χ3n) is 4.07. The first-order valence-corrected chi connectivity index (χ1v) is 8.95. The van der Waals surface area contributed by atoms with Crippen molar-refractivity contribution in [3.63, 3.8) is 0 Å². The van der Waals surface area contributed by atoms with Crippen molar-refractivity contribution < 1.29 is 23.5 Å². The number of benzene rings is 1. The van der Waals surface area contributed by atoms with E-state index < -0.39 is 29.8 Å². The quantitative estimate of drug-likeness (QED) is 0.759. The molecule has 0 aromatic heterocycles. The van der Waals surface area contributed by atoms with Crippen LogP contribution < -0.4 is 15.8 Å². The van der Waals surface area contributed by atoms with Crippen LogP contribution in [-0.2, 0) is 4.74 Å². The van der Waals surface area contributed by atoms with Crippen molar-refractivity contribution >= 4 is 29.3 Å². The van der Waals surface area contributed by atoms with Crippen LogP contribution in [0.3, 0.4) is 0 Å². The van der Waals surface area contributed by atoms with Gasteiger partial charge in [0.1, 0.15) is 17.5 Å². The number of nitrogens with one attached hydrogen (secondary N) is 1. The van der Waals surface area contributed by atoms with Crippen LogP contribution in [0.2, 0.25) is 5.02 Å². The van der Waals surface area contributed by atoms with E-state index in [-0.39, 0.29) is 41.5 Å². The summed E-state index contributed by atoms with van der Waals surface area (Å²) in [5.41, 5.74) is 5.49. The maximum Gasteiger partial charge on any atom is 0.410 e. The van der Waals surface area contributed by atoms with Crippen molar-refractivity contribution in [1.82, 2.24) is 10.2 Å². The normalized spacial score (nSPS) is 20.1. The van der Waals surface area contributed by atoms with E-state index in [1.165, 1.54) is 24.1 Å². The molecule has 0 saturated carbocycles. The molecule has 27 heavy (non-hydrogen) atoms. The molecule has 0 bridgehead atoms. The summed E-state index contributed by atoms with van der Waals surface area (Å²) >= 11 is 5.97. The largest absolute Gasteiger partial charge is 0.496 e. The van der Waals surface area contributed by atoms with Crippen molar-refractivity contribution in [2.24, 2.45) is 0 Å². The highest BCUT2D eigenvalue weighted by Gasteiger charge is 2.35. The Bertz CT molecular complexity index is 723. The number of nitrogens with two attached hydrogens (primary N) is 1. The number of carbonyl (C=O) groups is 2. The molecule has 0 spiro atoms. The third kappa shape index (κ3) is 5.38. The number of piperidine rings is 1. The first-order chi connectivity index (χ1) is 12.5. The van der Waals surface area contributed by atoms with Gasteiger partial charge in [-0.25, -0.2) is 9.18 Å². The highest BCUT2D eigenvalue weighted by Crippen LogP contribution is 2.29. The zero-order chi connectivity index (χ0) is 20.4. The number of anilines is 1. The lowest BCUT2D eigenvalue weighted by Gasteiger charge is -2.35. The SMILES string of the molecule is COc1cc(N)c(Cl)cc1C(=O)N[C@@H]1CCN(C(=O)OC(C)(C)C)C[C@H]1F. The van der Waals surface area contributed by atoms with Crippen molar-refractivity contribution in [2.75, 3.05) is 25.9 Å². The number of nitrogen functional groups attached to an aromatic ring is 1. The second-order valence-corrected chi connectivity index (χ2v) is 7.79. The first-order valence-electron chi connectivity index (χ1n) is 8.57. The fourth-order valence-corrected chi connectivity index (χ4v) is 2.88. The van der Waals surface area contributed by atoms with Crippen LogP contribution in [-0.4, -0.2) is 54.9 Å². The molecule has 150 valence electrons. The summed E-state index contributed by atoms with van der Waals surface area (Å²) in [5, 5.41) is 2.85. The molecule has 1 aromatic carbocycles. The van der Waals surface area contributed by atoms with Crippen molar-refractivity contribution in [1.29, 1.82) is 0 Å². The first kappa shape index (κ1) is 21.1. The van der Waals surface area contributed by atoms with E-state index in [4.69, 9.17) is 26.8 Å². The molecule has 7 nitrogen and oxygen atoms in total. The lowest BCUT2D eigenvalue weighted by atomic mass is 10.0. The summed E-state index contributed by atoms with van der Waals surface area (Å²) in [5.74, 6) is -0.275. The second-order valence-electron chi connectivity index (χ2n) is 7.38. The third-order valence-corrected chi connectivity index (χ3v) is 4.40. The lowest BCUT2D eigenvalue weighted by Crippen LogP contribution is -2.54. The van der Waals surface area contributed by atoms with Crippen LogP contribution in [0.4, 0.5) is 14.9 Å². The van der Waals surface area contributed by atoms with Crippen LogP contribution >= 0.6 is 11.6 Å². The van der Waals surface area contributed by atoms with Gasteiger partial charge in [0.15, 0.2) is 0 Å². The number of hydrogen-bond donors (Lipinski definition) is 2. The van der Waals surface area contributed by atoms with Gasteiger partial charge in [-0.1, -0.05) is 11.6 Å². The zero-order valence-electron chi connectivity index (χ0n) is 15.8. The van der Waals surface area contributed by atoms with E-state index in [1.807, 2.05) is 0 Å². The molecule has 1 fully saturated rings. The molecule has 1 aliphatic heterocycles. The summed E-state index contributed by atoms with van der Waals surface area (Å²) in [4.78, 5) is 25.9. The molecular formula is C18H25ClFN3O4. The Kier molecular flexibility index (Phi) is 6.41. The molecule has 1 heterocycles. The fourth-order valence-electron chi connectivity index (χ4n) is 2.72. The van der Waals surface area contributed by atoms with Crippen LogP contribution in [0.25, 0.3) is 0 Å². The number of rotatable bonds is 3. The number of halogens is 2. The molecule has 1 aromatic rings. The number of likely N-dealkylation sites (tertiary alicyclic amines) is 1. The van der Waals surface area contributed by atoms with Crippen molar-refractivity contribution in [3.8, 4) is 5.75 Å². The standard InChI is InChI=1S/C18H25ClFN3O4/c1-18(2,3)27-17(25)23-6-5-14(12(20)9-23)22-16(24)10-7-11(19)13(21)8-15(10)26-4/h7-8,12,14H,5-6,9,21H2,1-4H3,(H,22,24)/t12-,14-/m1/s1. The summed E-state index contributed by atoms with van der Waals surface area (Å²) in [6.45, 7) is 5.36. The maximum absolute atomic E-state index is 14.6. The average Bonchev–Trinajstić information content (AvgIpc) is 2.56. The van der Waals surface area contributed by atoms with E-state index in [0.29, 0.717) is 0 Å². The predicted octanol–water partition coefficient (Wildman–Crippen LogP) is 3.01. The summed E-state index contributed by atoms with van der Waals surface area (Å²) in [6, 6.07) is 2.08. The Morgan fingerprint density at radius 3 is 2.59 bits per heavy atom. The van der Waals surface area contributed by atoms with Gasteiger partial charge in [0, 0.05) is 12.6 Å². The Morgan fingerprint density at radius 1 is 1.37 bits per heavy atom. The lowest BCUT2D eigenvalue weighted by molar-refractivity contribution is 0.00972. The topological polar surface area (TPSA) is 93.9 Å². The highest BCUT2D eigenvalue weighted by molar-refractivity contribution is 6.33. The number of amides is 2. The zero-order valence-corrected chi connectivity index (χ0v) is 16.6. The smallest absolute Gasteiger partial charge is 0.410 e. The molecule has 9 heteroatoms. The monoisotopic (exact) mass is 401 g/mol. The Labute approximate surface area is 162 Å². The number of nitrogens with zero attached hydrogens (tertiary/aromatic N) is 1. The molecule has 3 N–H and O–H groups in total. The minimum Gasteiger partial charge on any atom is -0.496 e. The van der Waals surface area contributed by atoms with E-state index in [9.17, 15) is 14.0 Å². The molecule has 0 radical (unpaired) electrons. The second kappa shape index (κ2) is 8.21. The van der Waals surface area contributed by atoms with Crippen LogP contribution in [0.15, 0.2) is 12.1 Å². The van der Waals surface area contributed by atoms with Crippen LogP contribution in [0, 0.1) is 0 Å². The molecule has 0 aliphatic carbocycles. The van der Waals surface area contributed by atoms with Gasteiger partial charge in [-0.15, -0.1) is 0 Å². The number of carbonyl (C=O) groups excluding carboxylic acids is 2. The number of alkyl halides is 1. The van der Waals surface area contributed by atoms with E-state index >= 15 is 0 Å². The number of hydrogen-bond acceptors (Lipinski definition) is 5. The van der Waals surface area contributed by atoms with Gasteiger partial charge in [0.05, 0.1) is 36.0 Å². The van der Waals surface area contributed by atoms with E-state index in [1.54, 1.807) is 20.8 Å². The summed E-state index contributed by atoms with van der Waals surface area (Å²) in [6.07, 6.45) is -1.73. The van der Waals surface area contributed by atoms with Gasteiger partial charge >= 0.3 is 6.09 Å². The van der Waals surface area contributed by atoms with Gasteiger partial charge in [-0.05, 0) is 33.3 Å². The molecule has 1 aliphatic rings. The van der Waals surface area contributed by atoms with Gasteiger partial charge in [0.25, 0.3) is 5.91 Å². The van der Waals surface area contributed by atoms with Gasteiger partial charge in [-0.3, -0.25) is 4.79 Å². The van der Waals surface area contributed by atoms with Crippen molar-refractivity contribution in [3.05, 3.63) is 22.7 Å². The minimum atomic E-state index is -1.43. The van der Waals surface area contributed by atoms with Crippen LogP contribution in [0.5, 0.6) is 5.75 Å². The summed E-state index contributed by atoms with van der Waals surface area (Å²) in [7, 11) is 1.40. The number of ether oxygens (including phenoxy) is 2. The Morgan fingerprint density at radius 2 is 2.04 bits per heavy atom. The maximum atomic E-state index is 14.6. The van der Waals surface area contributed by atoms with E-state index in [2.05, 4.69) is 5.32 Å². The summed E-state index contributed by atoms with van der Waals surface area (Å²) < 4.78 is 25.0. The molecular weight excluding hydrogens is 377 g/mol. The van der Waals surface area contributed by atoms with Gasteiger partial charge < -0.3 is 25.4 Å². The molecule has 0 unspecified atom stereocenters. The highest BCUT2D eigenvalue weighted by atomic mass is 35.5. The predicted molar refractivity (Wildman–Crippen MR) is 101 cm³/mol. The van der Waals surface area contributed by atoms with Gasteiger partial charge in [-0.2, -0.15) is 0 Å². The van der Waals surface area contributed by atoms with Crippen LogP contribution in [0.1, 0.15) is 37.6 Å². The van der Waals surface area contributed by atoms with E-state index in [0.717, 1.165) is 0 Å². The molecule has 2 amide bonds. The molecule has 1 saturated heterocycles. The Hall–Kier alpha value is -2.22. The Balaban J connectivity index is 2.02. The number of methoxy groups -OCH3 is 1. The molecule has 2 rings (SSSR count). The van der Waals surface area contributed by atoms with Crippen molar-refractivity contribution in [2.45, 2.75) is 45.0 Å².